The van der Waals surface area contributed by atoms with E-state index in [0.29, 0.717) is 6.42 Å². The molecule has 0 aromatic heterocycles. The normalized spacial score (nSPS) is 12.0. The molecule has 0 unspecified atom stereocenters. The largest absolute Gasteiger partial charge is 0.329 e. The van der Waals surface area contributed by atoms with E-state index in [4.69, 9.17) is 0 Å². The lowest BCUT2D eigenvalue weighted by Gasteiger charge is -2.19. The molecule has 2 aromatic rings. The van der Waals surface area contributed by atoms with Crippen LogP contribution in [-0.4, -0.2) is 5.91 Å². The van der Waals surface area contributed by atoms with Gasteiger partial charge in [0.1, 0.15) is 0 Å². The average Bonchev–Trinajstić information content (AvgIpc) is 2.48. The molecule has 2 nitrogen and oxygen atoms in total. The van der Waals surface area contributed by atoms with Gasteiger partial charge in [0.05, 0.1) is 0 Å². The molecule has 0 fully saturated rings. The molecule has 22 heavy (non-hydrogen) atoms. The Labute approximate surface area is 132 Å². The number of hydrogen-bond donors (Lipinski definition) is 1. The fourth-order valence-electron chi connectivity index (χ4n) is 2.03. The predicted molar refractivity (Wildman–Crippen MR) is 92.2 cm³/mol. The standard InChI is InChI=1S/C20H23NO/c1-20(2,3)19(22)21-18(14-16-10-6-4-7-11-16)15-17-12-8-5-9-13-17/h4-14H,15H2,1-3H3,(H,21,22)/b18-14-. The second-order valence-electron chi connectivity index (χ2n) is 6.45. The van der Waals surface area contributed by atoms with Crippen molar-refractivity contribution in [2.75, 3.05) is 0 Å². The van der Waals surface area contributed by atoms with Crippen LogP contribution in [-0.2, 0) is 11.2 Å². The third-order valence-corrected chi connectivity index (χ3v) is 3.33. The lowest BCUT2D eigenvalue weighted by Crippen LogP contribution is -2.34. The zero-order valence-corrected chi connectivity index (χ0v) is 13.5. The van der Waals surface area contributed by atoms with E-state index in [1.807, 2.05) is 75.4 Å². The van der Waals surface area contributed by atoms with Crippen LogP contribution in [0.15, 0.2) is 66.4 Å². The molecule has 0 aliphatic rings. The van der Waals surface area contributed by atoms with E-state index in [1.54, 1.807) is 0 Å². The van der Waals surface area contributed by atoms with Gasteiger partial charge in [-0.15, -0.1) is 0 Å². The summed E-state index contributed by atoms with van der Waals surface area (Å²) < 4.78 is 0. The lowest BCUT2D eigenvalue weighted by atomic mass is 9.95. The maximum atomic E-state index is 12.3. The van der Waals surface area contributed by atoms with E-state index in [1.165, 1.54) is 5.56 Å². The van der Waals surface area contributed by atoms with Crippen LogP contribution >= 0.6 is 0 Å². The first kappa shape index (κ1) is 16.0. The summed E-state index contributed by atoms with van der Waals surface area (Å²) in [6.07, 6.45) is 2.74. The Morgan fingerprint density at radius 3 is 2.05 bits per heavy atom. The molecular weight excluding hydrogens is 270 g/mol. The van der Waals surface area contributed by atoms with Gasteiger partial charge in [-0.1, -0.05) is 81.4 Å². The van der Waals surface area contributed by atoms with Gasteiger partial charge in [0, 0.05) is 17.5 Å². The molecule has 1 amide bonds. The van der Waals surface area contributed by atoms with Crippen LogP contribution in [0.5, 0.6) is 0 Å². The average molecular weight is 293 g/mol. The van der Waals surface area contributed by atoms with E-state index in [0.717, 1.165) is 11.3 Å². The zero-order valence-electron chi connectivity index (χ0n) is 13.5. The maximum Gasteiger partial charge on any atom is 0.229 e. The summed E-state index contributed by atoms with van der Waals surface area (Å²) in [6, 6.07) is 20.2. The van der Waals surface area contributed by atoms with Gasteiger partial charge < -0.3 is 5.32 Å². The number of carbonyl (C=O) groups is 1. The molecular formula is C20H23NO. The molecule has 0 heterocycles. The van der Waals surface area contributed by atoms with Crippen LogP contribution in [0.1, 0.15) is 31.9 Å². The second-order valence-corrected chi connectivity index (χ2v) is 6.45. The van der Waals surface area contributed by atoms with Gasteiger partial charge in [0.2, 0.25) is 5.91 Å². The molecule has 0 aliphatic carbocycles. The van der Waals surface area contributed by atoms with E-state index < -0.39 is 5.41 Å². The molecule has 1 N–H and O–H groups in total. The third kappa shape index (κ3) is 4.88. The number of rotatable bonds is 4. The molecule has 2 rings (SSSR count). The molecule has 0 saturated carbocycles. The second kappa shape index (κ2) is 7.08. The van der Waals surface area contributed by atoms with E-state index in [-0.39, 0.29) is 5.91 Å². The van der Waals surface area contributed by atoms with Crippen LogP contribution < -0.4 is 5.32 Å². The molecule has 2 heteroatoms. The fourth-order valence-corrected chi connectivity index (χ4v) is 2.03. The minimum Gasteiger partial charge on any atom is -0.329 e. The molecule has 0 spiro atoms. The number of amides is 1. The Balaban J connectivity index is 2.25. The Bertz CT molecular complexity index is 636. The minimum absolute atomic E-state index is 0.0330. The van der Waals surface area contributed by atoms with Gasteiger partial charge in [0.25, 0.3) is 0 Å². The summed E-state index contributed by atoms with van der Waals surface area (Å²) >= 11 is 0. The third-order valence-electron chi connectivity index (χ3n) is 3.33. The topological polar surface area (TPSA) is 29.1 Å². The first-order valence-corrected chi connectivity index (χ1v) is 7.56. The number of nitrogens with one attached hydrogen (secondary N) is 1. The monoisotopic (exact) mass is 293 g/mol. The molecule has 0 aliphatic heterocycles. The van der Waals surface area contributed by atoms with Gasteiger partial charge in [-0.25, -0.2) is 0 Å². The van der Waals surface area contributed by atoms with Crippen molar-refractivity contribution in [3.8, 4) is 0 Å². The van der Waals surface area contributed by atoms with Crippen molar-refractivity contribution in [3.05, 3.63) is 77.5 Å². The molecule has 2 aromatic carbocycles. The summed E-state index contributed by atoms with van der Waals surface area (Å²) in [5, 5.41) is 3.08. The summed E-state index contributed by atoms with van der Waals surface area (Å²) in [7, 11) is 0. The zero-order chi connectivity index (χ0) is 16.0. The molecule has 114 valence electrons. The highest BCUT2D eigenvalue weighted by Crippen LogP contribution is 2.16. The maximum absolute atomic E-state index is 12.3. The van der Waals surface area contributed by atoms with Crippen LogP contribution in [0.3, 0.4) is 0 Å². The molecule has 0 atom stereocenters. The van der Waals surface area contributed by atoms with Crippen LogP contribution in [0, 0.1) is 5.41 Å². The van der Waals surface area contributed by atoms with Crippen molar-refractivity contribution < 1.29 is 4.79 Å². The number of benzene rings is 2. The smallest absolute Gasteiger partial charge is 0.229 e. The van der Waals surface area contributed by atoms with Crippen molar-refractivity contribution in [2.24, 2.45) is 5.41 Å². The van der Waals surface area contributed by atoms with Crippen LogP contribution in [0.2, 0.25) is 0 Å². The van der Waals surface area contributed by atoms with Crippen LogP contribution in [0.25, 0.3) is 6.08 Å². The summed E-state index contributed by atoms with van der Waals surface area (Å²) in [5.41, 5.74) is 2.77. The van der Waals surface area contributed by atoms with E-state index >= 15 is 0 Å². The van der Waals surface area contributed by atoms with E-state index in [2.05, 4.69) is 17.4 Å². The van der Waals surface area contributed by atoms with Gasteiger partial charge in [0.15, 0.2) is 0 Å². The lowest BCUT2D eigenvalue weighted by molar-refractivity contribution is -0.127. The highest BCUT2D eigenvalue weighted by molar-refractivity contribution is 5.84. The molecule has 0 saturated heterocycles. The van der Waals surface area contributed by atoms with Crippen molar-refractivity contribution >= 4 is 12.0 Å². The van der Waals surface area contributed by atoms with Crippen molar-refractivity contribution in [1.29, 1.82) is 0 Å². The highest BCUT2D eigenvalue weighted by Gasteiger charge is 2.21. The quantitative estimate of drug-likeness (QED) is 0.887. The van der Waals surface area contributed by atoms with Gasteiger partial charge in [-0.2, -0.15) is 0 Å². The first-order valence-electron chi connectivity index (χ1n) is 7.56. The number of hydrogen-bond acceptors (Lipinski definition) is 1. The number of carbonyl (C=O) groups excluding carboxylic acids is 1. The fraction of sp³-hybridized carbons (Fsp3) is 0.250. The SMILES string of the molecule is CC(C)(C)C(=O)N/C(=C\c1ccccc1)Cc1ccccc1. The highest BCUT2D eigenvalue weighted by atomic mass is 16.2. The Kier molecular flexibility index (Phi) is 5.16. The van der Waals surface area contributed by atoms with Crippen molar-refractivity contribution in [1.82, 2.24) is 5.32 Å². The first-order chi connectivity index (χ1) is 10.4. The van der Waals surface area contributed by atoms with Gasteiger partial charge in [-0.05, 0) is 17.2 Å². The Hall–Kier alpha value is -2.35. The summed E-state index contributed by atoms with van der Waals surface area (Å²) in [6.45, 7) is 5.76. The Morgan fingerprint density at radius 2 is 1.50 bits per heavy atom. The molecule has 0 radical (unpaired) electrons. The van der Waals surface area contributed by atoms with Gasteiger partial charge in [-0.3, -0.25) is 4.79 Å². The number of allylic oxidation sites excluding steroid dienone is 1. The van der Waals surface area contributed by atoms with Crippen molar-refractivity contribution in [2.45, 2.75) is 27.2 Å². The van der Waals surface area contributed by atoms with Crippen molar-refractivity contribution in [3.63, 3.8) is 0 Å². The Morgan fingerprint density at radius 1 is 0.955 bits per heavy atom. The van der Waals surface area contributed by atoms with E-state index in [9.17, 15) is 4.79 Å². The predicted octanol–water partition coefficient (Wildman–Crippen LogP) is 4.43. The van der Waals surface area contributed by atoms with Crippen LogP contribution in [0.4, 0.5) is 0 Å². The summed E-state index contributed by atoms with van der Waals surface area (Å²) in [4.78, 5) is 12.3. The summed E-state index contributed by atoms with van der Waals surface area (Å²) in [5.74, 6) is 0.0330. The molecule has 0 bridgehead atoms. The van der Waals surface area contributed by atoms with Gasteiger partial charge >= 0.3 is 0 Å². The minimum atomic E-state index is -0.410.